The Morgan fingerprint density at radius 3 is 3.00 bits per heavy atom. The monoisotopic (exact) mass is 312 g/mol. The summed E-state index contributed by atoms with van der Waals surface area (Å²) in [5.74, 6) is 2.15. The Kier molecular flexibility index (Phi) is 2.85. The smallest absolute Gasteiger partial charge is 0.318 e. The molecule has 2 bridgehead atoms. The molecule has 2 aromatic heterocycles. The molecule has 0 amide bonds. The van der Waals surface area contributed by atoms with Crippen LogP contribution in [-0.4, -0.2) is 39.4 Å². The third kappa shape index (κ3) is 2.55. The number of rotatable bonds is 6. The molecule has 0 spiro atoms. The van der Waals surface area contributed by atoms with Crippen LogP contribution in [0.25, 0.3) is 0 Å². The van der Waals surface area contributed by atoms with Gasteiger partial charge in [-0.05, 0) is 31.7 Å². The van der Waals surface area contributed by atoms with E-state index in [1.807, 2.05) is 6.07 Å². The maximum atomic E-state index is 5.83. The van der Waals surface area contributed by atoms with Gasteiger partial charge >= 0.3 is 6.01 Å². The van der Waals surface area contributed by atoms with Crippen LogP contribution in [0, 0.1) is 5.41 Å². The van der Waals surface area contributed by atoms with Crippen molar-refractivity contribution in [3.63, 3.8) is 0 Å². The molecule has 6 rings (SSSR count). The second-order valence-corrected chi connectivity index (χ2v) is 7.11. The molecule has 23 heavy (non-hydrogen) atoms. The van der Waals surface area contributed by atoms with Gasteiger partial charge in [0.05, 0.1) is 6.61 Å². The van der Waals surface area contributed by atoms with Crippen LogP contribution in [-0.2, 0) is 0 Å². The maximum absolute atomic E-state index is 5.83. The van der Waals surface area contributed by atoms with E-state index in [-0.39, 0.29) is 0 Å². The minimum Gasteiger partial charge on any atom is -0.463 e. The van der Waals surface area contributed by atoms with Crippen LogP contribution >= 0.6 is 0 Å². The molecule has 2 aliphatic carbocycles. The highest BCUT2D eigenvalue weighted by atomic mass is 16.5. The van der Waals surface area contributed by atoms with Crippen molar-refractivity contribution in [1.82, 2.24) is 25.5 Å². The highest BCUT2D eigenvalue weighted by Crippen LogP contribution is 2.46. The van der Waals surface area contributed by atoms with Gasteiger partial charge in [0.2, 0.25) is 0 Å². The lowest BCUT2D eigenvalue weighted by atomic mass is 9.71. The lowest BCUT2D eigenvalue weighted by molar-refractivity contribution is 0.0954. The third-order valence-corrected chi connectivity index (χ3v) is 5.14. The molecule has 4 fully saturated rings. The average Bonchev–Trinajstić information content (AvgIpc) is 2.96. The first-order valence-corrected chi connectivity index (χ1v) is 8.30. The number of hydrogen-bond donors (Lipinski definition) is 3. The molecule has 0 radical (unpaired) electrons. The molecule has 2 saturated heterocycles. The fourth-order valence-electron chi connectivity index (χ4n) is 3.64. The van der Waals surface area contributed by atoms with Crippen molar-refractivity contribution >= 4 is 11.6 Å². The van der Waals surface area contributed by atoms with Crippen molar-refractivity contribution in [2.24, 2.45) is 5.41 Å². The van der Waals surface area contributed by atoms with Crippen molar-refractivity contribution in [3.8, 4) is 6.01 Å². The topological polar surface area (TPSA) is 87.8 Å². The van der Waals surface area contributed by atoms with Crippen LogP contribution < -0.4 is 15.4 Å². The first-order valence-electron chi connectivity index (χ1n) is 8.30. The molecule has 2 aliphatic heterocycles. The molecular formula is C16H20N6O. The van der Waals surface area contributed by atoms with Gasteiger partial charge in [-0.1, -0.05) is 0 Å². The van der Waals surface area contributed by atoms with Gasteiger partial charge in [-0.15, -0.1) is 0 Å². The van der Waals surface area contributed by atoms with Crippen LogP contribution in [0.3, 0.4) is 0 Å². The number of aromatic amines is 1. The van der Waals surface area contributed by atoms with E-state index in [4.69, 9.17) is 4.74 Å². The van der Waals surface area contributed by atoms with Gasteiger partial charge in [-0.3, -0.25) is 5.10 Å². The number of hydrogen-bond acceptors (Lipinski definition) is 6. The van der Waals surface area contributed by atoms with Gasteiger partial charge in [-0.25, -0.2) is 4.98 Å². The van der Waals surface area contributed by atoms with Gasteiger partial charge in [0, 0.05) is 41.9 Å². The fraction of sp³-hybridized carbons (Fsp3) is 0.562. The zero-order valence-electron chi connectivity index (χ0n) is 12.9. The molecule has 7 nitrogen and oxygen atoms in total. The molecule has 0 atom stereocenters. The Bertz CT molecular complexity index is 713. The van der Waals surface area contributed by atoms with Crippen molar-refractivity contribution < 1.29 is 4.74 Å². The van der Waals surface area contributed by atoms with Gasteiger partial charge < -0.3 is 15.4 Å². The number of aromatic nitrogens is 4. The third-order valence-electron chi connectivity index (χ3n) is 5.14. The summed E-state index contributed by atoms with van der Waals surface area (Å²) in [7, 11) is 0. The highest BCUT2D eigenvalue weighted by molar-refractivity contribution is 5.52. The van der Waals surface area contributed by atoms with E-state index in [0.29, 0.717) is 35.8 Å². The number of nitrogens with one attached hydrogen (secondary N) is 3. The second-order valence-electron chi connectivity index (χ2n) is 7.11. The SMILES string of the molecule is c1cc(Nc2cc(C3CC3)[nH]n2)nc(OCC23CNC(C2)C3)n1. The van der Waals surface area contributed by atoms with Crippen molar-refractivity contribution in [3.05, 3.63) is 24.0 Å². The molecule has 2 aromatic rings. The van der Waals surface area contributed by atoms with E-state index in [2.05, 4.69) is 36.9 Å². The summed E-state index contributed by atoms with van der Waals surface area (Å²) in [6.07, 6.45) is 6.65. The molecule has 4 heterocycles. The Hall–Kier alpha value is -2.15. The minimum absolute atomic E-state index is 0.304. The Morgan fingerprint density at radius 1 is 1.30 bits per heavy atom. The number of H-pyrrole nitrogens is 1. The number of fused-ring (bicyclic) bond motifs is 1. The van der Waals surface area contributed by atoms with Gasteiger partial charge in [0.15, 0.2) is 5.82 Å². The Morgan fingerprint density at radius 2 is 2.22 bits per heavy atom. The van der Waals surface area contributed by atoms with Crippen LogP contribution in [0.5, 0.6) is 6.01 Å². The summed E-state index contributed by atoms with van der Waals surface area (Å²) in [5, 5.41) is 14.1. The van der Waals surface area contributed by atoms with Crippen molar-refractivity contribution in [1.29, 1.82) is 0 Å². The lowest BCUT2D eigenvalue weighted by Gasteiger charge is -2.35. The predicted octanol–water partition coefficient (Wildman–Crippen LogP) is 1.95. The molecule has 3 N–H and O–H groups in total. The number of ether oxygens (including phenoxy) is 1. The Labute approximate surface area is 134 Å². The van der Waals surface area contributed by atoms with Crippen molar-refractivity contribution in [2.75, 3.05) is 18.5 Å². The zero-order valence-corrected chi connectivity index (χ0v) is 12.9. The van der Waals surface area contributed by atoms with Crippen molar-refractivity contribution in [2.45, 2.75) is 37.6 Å². The summed E-state index contributed by atoms with van der Waals surface area (Å²) in [6.45, 7) is 1.74. The van der Waals surface area contributed by atoms with E-state index in [1.165, 1.54) is 31.4 Å². The predicted molar refractivity (Wildman–Crippen MR) is 84.8 cm³/mol. The summed E-state index contributed by atoms with van der Waals surface area (Å²) < 4.78 is 5.83. The number of nitrogens with zero attached hydrogens (tertiary/aromatic N) is 3. The number of anilines is 2. The largest absolute Gasteiger partial charge is 0.463 e. The molecule has 4 aliphatic rings. The zero-order chi connectivity index (χ0) is 15.3. The first kappa shape index (κ1) is 13.3. The molecule has 2 saturated carbocycles. The molecule has 120 valence electrons. The Balaban J connectivity index is 1.24. The summed E-state index contributed by atoms with van der Waals surface area (Å²) >= 11 is 0. The molecule has 7 heteroatoms. The molecule has 0 unspecified atom stereocenters. The standard InChI is InChI=1S/C16H20N6O/c1-2-10(1)12-5-14(22-21-12)19-13-3-4-17-15(20-13)23-9-16-6-11(7-16)18-8-16/h3-5,10-11,18H,1-2,6-9H2,(H2,17,19,20,21,22). The van der Waals surface area contributed by atoms with E-state index in [9.17, 15) is 0 Å². The quantitative estimate of drug-likeness (QED) is 0.755. The summed E-state index contributed by atoms with van der Waals surface area (Å²) in [6, 6.07) is 5.01. The van der Waals surface area contributed by atoms with Crippen LogP contribution in [0.15, 0.2) is 18.3 Å². The van der Waals surface area contributed by atoms with E-state index in [1.54, 1.807) is 6.20 Å². The molecule has 0 aromatic carbocycles. The van der Waals surface area contributed by atoms with Crippen LogP contribution in [0.2, 0.25) is 0 Å². The van der Waals surface area contributed by atoms with Crippen LogP contribution in [0.4, 0.5) is 11.6 Å². The summed E-state index contributed by atoms with van der Waals surface area (Å²) in [5.41, 5.74) is 1.50. The van der Waals surface area contributed by atoms with Gasteiger partial charge in [-0.2, -0.15) is 10.1 Å². The van der Waals surface area contributed by atoms with Gasteiger partial charge in [0.1, 0.15) is 5.82 Å². The fourth-order valence-corrected chi connectivity index (χ4v) is 3.64. The van der Waals surface area contributed by atoms with E-state index >= 15 is 0 Å². The summed E-state index contributed by atoms with van der Waals surface area (Å²) in [4.78, 5) is 8.64. The lowest BCUT2D eigenvalue weighted by Crippen LogP contribution is -2.38. The van der Waals surface area contributed by atoms with Crippen LogP contribution in [0.1, 0.15) is 37.3 Å². The first-order chi connectivity index (χ1) is 11.3. The van der Waals surface area contributed by atoms with E-state index in [0.717, 1.165) is 12.4 Å². The van der Waals surface area contributed by atoms with Gasteiger partial charge in [0.25, 0.3) is 0 Å². The normalized spacial score (nSPS) is 28.4. The maximum Gasteiger partial charge on any atom is 0.318 e. The second kappa shape index (κ2) is 4.92. The minimum atomic E-state index is 0.304. The van der Waals surface area contributed by atoms with E-state index < -0.39 is 0 Å². The highest BCUT2D eigenvalue weighted by Gasteiger charge is 2.50. The molecular weight excluding hydrogens is 292 g/mol. The average molecular weight is 312 g/mol.